The van der Waals surface area contributed by atoms with Gasteiger partial charge in [-0.3, -0.25) is 4.79 Å². The molecule has 2 N–H and O–H groups in total. The predicted molar refractivity (Wildman–Crippen MR) is 75.6 cm³/mol. The van der Waals surface area contributed by atoms with E-state index in [1.54, 1.807) is 0 Å². The van der Waals surface area contributed by atoms with Crippen molar-refractivity contribution < 1.29 is 15.0 Å². The van der Waals surface area contributed by atoms with Gasteiger partial charge in [-0.05, 0) is 32.6 Å². The van der Waals surface area contributed by atoms with Crippen molar-refractivity contribution in [3.8, 4) is 0 Å². The Kier molecular flexibility index (Phi) is 4.81. The zero-order valence-corrected chi connectivity index (χ0v) is 12.0. The van der Waals surface area contributed by atoms with E-state index in [1.807, 2.05) is 12.4 Å². The van der Waals surface area contributed by atoms with Crippen molar-refractivity contribution in [2.75, 3.05) is 0 Å². The fourth-order valence-corrected chi connectivity index (χ4v) is 3.13. The van der Waals surface area contributed by atoms with Gasteiger partial charge in [0.25, 0.3) is 6.47 Å². The molecular formula is C15H24N2O3. The van der Waals surface area contributed by atoms with Crippen LogP contribution >= 0.6 is 0 Å². The number of carboxylic acid groups (broad SMARTS) is 1. The van der Waals surface area contributed by atoms with Gasteiger partial charge in [0.15, 0.2) is 0 Å². The van der Waals surface area contributed by atoms with E-state index in [1.165, 1.54) is 37.9 Å². The lowest BCUT2D eigenvalue weighted by atomic mass is 9.88. The third kappa shape index (κ3) is 3.20. The second kappa shape index (κ2) is 6.39. The fraction of sp³-hybridized carbons (Fsp3) is 0.733. The van der Waals surface area contributed by atoms with E-state index in [9.17, 15) is 5.11 Å². The van der Waals surface area contributed by atoms with Crippen LogP contribution in [0.15, 0.2) is 12.4 Å². The summed E-state index contributed by atoms with van der Waals surface area (Å²) in [6, 6.07) is 0.182. The number of carbonyl (C=O) groups is 1. The normalized spacial score (nSPS) is 22.5. The Hall–Kier alpha value is -1.36. The van der Waals surface area contributed by atoms with Crippen molar-refractivity contribution in [1.82, 2.24) is 9.55 Å². The molecule has 1 atom stereocenters. The number of hydrogen-bond donors (Lipinski definition) is 2. The maximum Gasteiger partial charge on any atom is 0.290 e. The Labute approximate surface area is 119 Å². The van der Waals surface area contributed by atoms with E-state index >= 15 is 0 Å². The highest BCUT2D eigenvalue weighted by molar-refractivity contribution is 5.32. The maximum atomic E-state index is 10.2. The van der Waals surface area contributed by atoms with Gasteiger partial charge in [-0.2, -0.15) is 0 Å². The summed E-state index contributed by atoms with van der Waals surface area (Å²) < 4.78 is 2.23. The van der Waals surface area contributed by atoms with Crippen LogP contribution in [-0.2, 0) is 4.79 Å². The molecule has 2 fully saturated rings. The summed E-state index contributed by atoms with van der Waals surface area (Å²) in [7, 11) is 0. The lowest BCUT2D eigenvalue weighted by Gasteiger charge is -2.27. The lowest BCUT2D eigenvalue weighted by molar-refractivity contribution is -0.122. The largest absolute Gasteiger partial charge is 0.483 e. The highest BCUT2D eigenvalue weighted by atomic mass is 16.3. The molecule has 5 heteroatoms. The zero-order valence-electron chi connectivity index (χ0n) is 12.0. The number of rotatable bonds is 3. The van der Waals surface area contributed by atoms with Gasteiger partial charge in [0.05, 0.1) is 11.6 Å². The minimum absolute atomic E-state index is 0.182. The quantitative estimate of drug-likeness (QED) is 0.835. The van der Waals surface area contributed by atoms with Gasteiger partial charge < -0.3 is 14.8 Å². The van der Waals surface area contributed by atoms with Crippen molar-refractivity contribution in [2.24, 2.45) is 0 Å². The van der Waals surface area contributed by atoms with Crippen LogP contribution in [0.2, 0.25) is 0 Å². The van der Waals surface area contributed by atoms with Crippen LogP contribution in [0.5, 0.6) is 0 Å². The molecule has 0 amide bonds. The summed E-state index contributed by atoms with van der Waals surface area (Å²) in [5, 5.41) is 17.1. The molecule has 0 radical (unpaired) electrons. The van der Waals surface area contributed by atoms with Crippen molar-refractivity contribution in [2.45, 2.75) is 69.4 Å². The number of aliphatic hydroxyl groups is 1. The SMILES string of the molecule is CC(n1ccnc1C1CCCCC1)C1(O)CC1.O=CO. The molecule has 5 nitrogen and oxygen atoms in total. The van der Waals surface area contributed by atoms with Gasteiger partial charge in [-0.25, -0.2) is 4.98 Å². The van der Waals surface area contributed by atoms with Crippen LogP contribution in [0.4, 0.5) is 0 Å². The Morgan fingerprint density at radius 2 is 2.00 bits per heavy atom. The van der Waals surface area contributed by atoms with E-state index in [4.69, 9.17) is 9.90 Å². The van der Waals surface area contributed by atoms with Crippen LogP contribution in [0.3, 0.4) is 0 Å². The second-order valence-electron chi connectivity index (χ2n) is 5.91. The van der Waals surface area contributed by atoms with Crippen molar-refractivity contribution >= 4 is 6.47 Å². The molecule has 2 aliphatic rings. The highest BCUT2D eigenvalue weighted by Crippen LogP contribution is 2.45. The summed E-state index contributed by atoms with van der Waals surface area (Å²) in [6.07, 6.45) is 12.4. The summed E-state index contributed by atoms with van der Waals surface area (Å²) in [4.78, 5) is 12.9. The zero-order chi connectivity index (χ0) is 14.6. The molecule has 0 spiro atoms. The molecule has 1 heterocycles. The van der Waals surface area contributed by atoms with Gasteiger partial charge >= 0.3 is 0 Å². The number of imidazole rings is 1. The van der Waals surface area contributed by atoms with Gasteiger partial charge in [0.1, 0.15) is 5.82 Å². The first-order chi connectivity index (χ1) is 9.62. The summed E-state index contributed by atoms with van der Waals surface area (Å²) >= 11 is 0. The fourth-order valence-electron chi connectivity index (χ4n) is 3.13. The minimum atomic E-state index is -0.454. The Morgan fingerprint density at radius 3 is 2.55 bits per heavy atom. The van der Waals surface area contributed by atoms with Crippen LogP contribution < -0.4 is 0 Å². The maximum absolute atomic E-state index is 10.2. The molecule has 3 rings (SSSR count). The third-order valence-electron chi connectivity index (χ3n) is 4.63. The summed E-state index contributed by atoms with van der Waals surface area (Å²) in [5.74, 6) is 1.82. The van der Waals surface area contributed by atoms with Crippen LogP contribution in [0.25, 0.3) is 0 Å². The van der Waals surface area contributed by atoms with Crippen molar-refractivity contribution in [3.05, 3.63) is 18.2 Å². The lowest BCUT2D eigenvalue weighted by Crippen LogP contribution is -2.25. The number of nitrogens with zero attached hydrogens (tertiary/aromatic N) is 2. The highest BCUT2D eigenvalue weighted by Gasteiger charge is 2.47. The molecule has 20 heavy (non-hydrogen) atoms. The summed E-state index contributed by atoms with van der Waals surface area (Å²) in [5.41, 5.74) is -0.454. The number of aromatic nitrogens is 2. The third-order valence-corrected chi connectivity index (χ3v) is 4.63. The van der Waals surface area contributed by atoms with Crippen LogP contribution in [0.1, 0.15) is 69.7 Å². The standard InChI is InChI=1S/C14H22N2O.CH2O2/c1-11(14(17)7-8-14)16-10-9-15-13(16)12-5-3-2-4-6-12;2-1-3/h9-12,17H,2-8H2,1H3;1H,(H,2,3). The van der Waals surface area contributed by atoms with Crippen LogP contribution in [0, 0.1) is 0 Å². The van der Waals surface area contributed by atoms with Crippen LogP contribution in [-0.4, -0.2) is 31.8 Å². The van der Waals surface area contributed by atoms with Gasteiger partial charge in [-0.15, -0.1) is 0 Å². The van der Waals surface area contributed by atoms with E-state index in [2.05, 4.69) is 16.5 Å². The van der Waals surface area contributed by atoms with Crippen molar-refractivity contribution in [1.29, 1.82) is 0 Å². The molecule has 112 valence electrons. The van der Waals surface area contributed by atoms with E-state index in [0.29, 0.717) is 5.92 Å². The first-order valence-corrected chi connectivity index (χ1v) is 7.45. The van der Waals surface area contributed by atoms with E-state index in [-0.39, 0.29) is 12.5 Å². The molecule has 0 bridgehead atoms. The predicted octanol–water partition coefficient (Wildman–Crippen LogP) is 2.72. The molecule has 0 aliphatic heterocycles. The molecular weight excluding hydrogens is 256 g/mol. The monoisotopic (exact) mass is 280 g/mol. The first-order valence-electron chi connectivity index (χ1n) is 7.45. The van der Waals surface area contributed by atoms with E-state index in [0.717, 1.165) is 12.8 Å². The average molecular weight is 280 g/mol. The topological polar surface area (TPSA) is 75.3 Å². The molecule has 2 saturated carbocycles. The molecule has 1 unspecified atom stereocenters. The van der Waals surface area contributed by atoms with Gasteiger partial charge in [-0.1, -0.05) is 19.3 Å². The molecule has 2 aliphatic carbocycles. The van der Waals surface area contributed by atoms with Gasteiger partial charge in [0.2, 0.25) is 0 Å². The Balaban J connectivity index is 0.000000452. The first kappa shape index (κ1) is 15.0. The Morgan fingerprint density at radius 1 is 1.40 bits per heavy atom. The second-order valence-corrected chi connectivity index (χ2v) is 5.91. The average Bonchev–Trinajstić information content (AvgIpc) is 3.04. The smallest absolute Gasteiger partial charge is 0.290 e. The molecule has 0 saturated heterocycles. The molecule has 0 aromatic carbocycles. The molecule has 1 aromatic rings. The van der Waals surface area contributed by atoms with E-state index < -0.39 is 5.60 Å². The molecule has 1 aromatic heterocycles. The minimum Gasteiger partial charge on any atom is -0.483 e. The van der Waals surface area contributed by atoms with Crippen molar-refractivity contribution in [3.63, 3.8) is 0 Å². The Bertz CT molecular complexity index is 434. The number of hydrogen-bond acceptors (Lipinski definition) is 3. The summed E-state index contributed by atoms with van der Waals surface area (Å²) in [6.45, 7) is 1.88. The van der Waals surface area contributed by atoms with Gasteiger partial charge in [0, 0.05) is 18.3 Å².